The molecule has 0 N–H and O–H groups in total. The summed E-state index contributed by atoms with van der Waals surface area (Å²) in [4.78, 5) is 0. The Hall–Kier alpha value is -0.0900. The van der Waals surface area contributed by atoms with Crippen molar-refractivity contribution in [3.8, 4) is 0 Å². The highest BCUT2D eigenvalue weighted by Gasteiger charge is 2.28. The third-order valence-electron chi connectivity index (χ3n) is 1.06. The molecule has 0 aromatic heterocycles. The molecule has 0 spiro atoms. The molecule has 0 radical (unpaired) electrons. The summed E-state index contributed by atoms with van der Waals surface area (Å²) in [7, 11) is -2.28. The Kier molecular flexibility index (Phi) is 1.33. The minimum atomic E-state index is -2.28. The Labute approximate surface area is 55.8 Å². The molecule has 1 heterocycles. The first kappa shape index (κ1) is 7.02. The molecule has 0 fully saturated rings. The zero-order chi connectivity index (χ0) is 7.12. The first-order valence-electron chi connectivity index (χ1n) is 2.80. The van der Waals surface area contributed by atoms with Gasteiger partial charge in [0.15, 0.2) is 10.0 Å². The number of hydrogen-bond donors (Lipinski definition) is 0. The minimum absolute atomic E-state index is 0.314. The molecule has 0 bridgehead atoms. The second-order valence-electron chi connectivity index (χ2n) is 2.86. The molecule has 0 saturated carbocycles. The SMILES string of the molecule is CC1(C)CN=S(C)(=O)O1. The lowest BCUT2D eigenvalue weighted by molar-refractivity contribution is 0.157. The predicted octanol–water partition coefficient (Wildman–Crippen LogP) is 0.808. The van der Waals surface area contributed by atoms with E-state index in [1.807, 2.05) is 13.8 Å². The van der Waals surface area contributed by atoms with Gasteiger partial charge in [0.2, 0.25) is 0 Å². The Morgan fingerprint density at radius 1 is 1.67 bits per heavy atom. The van der Waals surface area contributed by atoms with Crippen molar-refractivity contribution in [2.24, 2.45) is 4.36 Å². The van der Waals surface area contributed by atoms with Crippen molar-refractivity contribution in [3.63, 3.8) is 0 Å². The summed E-state index contributed by atoms with van der Waals surface area (Å²) in [6.45, 7) is 4.31. The summed E-state index contributed by atoms with van der Waals surface area (Å²) in [5.41, 5.74) is -0.314. The van der Waals surface area contributed by atoms with E-state index in [0.29, 0.717) is 6.54 Å². The van der Waals surface area contributed by atoms with Gasteiger partial charge in [-0.2, -0.15) is 0 Å². The zero-order valence-corrected chi connectivity index (χ0v) is 6.70. The van der Waals surface area contributed by atoms with Crippen LogP contribution >= 0.6 is 0 Å². The van der Waals surface area contributed by atoms with E-state index >= 15 is 0 Å². The van der Waals surface area contributed by atoms with Crippen molar-refractivity contribution in [3.05, 3.63) is 0 Å². The average Bonchev–Trinajstić information content (AvgIpc) is 1.78. The van der Waals surface area contributed by atoms with Crippen LogP contribution in [0.3, 0.4) is 0 Å². The molecule has 0 aromatic carbocycles. The van der Waals surface area contributed by atoms with Gasteiger partial charge >= 0.3 is 0 Å². The first-order chi connectivity index (χ1) is 3.91. The fraction of sp³-hybridized carbons (Fsp3) is 1.00. The van der Waals surface area contributed by atoms with Crippen LogP contribution < -0.4 is 0 Å². The van der Waals surface area contributed by atoms with E-state index in [-0.39, 0.29) is 5.60 Å². The second-order valence-corrected chi connectivity index (χ2v) is 4.75. The van der Waals surface area contributed by atoms with Crippen LogP contribution in [0.5, 0.6) is 0 Å². The molecular weight excluding hydrogens is 138 g/mol. The van der Waals surface area contributed by atoms with Crippen LogP contribution in [0.1, 0.15) is 13.8 Å². The minimum Gasteiger partial charge on any atom is -0.277 e. The summed E-state index contributed by atoms with van der Waals surface area (Å²) in [6, 6.07) is 0. The van der Waals surface area contributed by atoms with Gasteiger partial charge < -0.3 is 0 Å². The molecule has 1 aliphatic rings. The van der Waals surface area contributed by atoms with Crippen LogP contribution in [0.25, 0.3) is 0 Å². The Morgan fingerprint density at radius 2 is 2.22 bits per heavy atom. The smallest absolute Gasteiger partial charge is 0.161 e. The van der Waals surface area contributed by atoms with Crippen molar-refractivity contribution in [2.45, 2.75) is 19.4 Å². The Balaban J connectivity index is 2.84. The molecule has 1 aliphatic heterocycles. The van der Waals surface area contributed by atoms with E-state index in [4.69, 9.17) is 4.18 Å². The van der Waals surface area contributed by atoms with Gasteiger partial charge in [-0.25, -0.2) is 8.57 Å². The third kappa shape index (κ3) is 1.66. The quantitative estimate of drug-likeness (QED) is 0.511. The van der Waals surface area contributed by atoms with Gasteiger partial charge in [-0.1, -0.05) is 0 Å². The van der Waals surface area contributed by atoms with Gasteiger partial charge in [-0.15, -0.1) is 0 Å². The predicted molar refractivity (Wildman–Crippen MR) is 36.5 cm³/mol. The standard InChI is InChI=1S/C5H11NO2S/c1-5(2)4-6-9(3,7)8-5/h4H2,1-3H3. The highest BCUT2D eigenvalue weighted by molar-refractivity contribution is 7.88. The van der Waals surface area contributed by atoms with Crippen molar-refractivity contribution in [1.82, 2.24) is 0 Å². The summed E-state index contributed by atoms with van der Waals surface area (Å²) >= 11 is 0. The normalized spacial score (nSPS) is 40.3. The number of nitrogens with zero attached hydrogens (tertiary/aromatic N) is 1. The highest BCUT2D eigenvalue weighted by atomic mass is 32.2. The molecule has 0 aromatic rings. The maximum absolute atomic E-state index is 11.0. The van der Waals surface area contributed by atoms with Crippen LogP contribution in [-0.2, 0) is 14.2 Å². The van der Waals surface area contributed by atoms with Crippen LogP contribution in [0.15, 0.2) is 4.36 Å². The molecule has 1 unspecified atom stereocenters. The lowest BCUT2D eigenvalue weighted by atomic mass is 10.1. The summed E-state index contributed by atoms with van der Waals surface area (Å²) in [5.74, 6) is 0. The fourth-order valence-corrected chi connectivity index (χ4v) is 2.23. The number of rotatable bonds is 0. The third-order valence-corrected chi connectivity index (χ3v) is 2.42. The highest BCUT2D eigenvalue weighted by Crippen LogP contribution is 2.20. The average molecular weight is 149 g/mol. The maximum Gasteiger partial charge on any atom is 0.161 e. The van der Waals surface area contributed by atoms with Crippen LogP contribution in [0, 0.1) is 0 Å². The van der Waals surface area contributed by atoms with Crippen molar-refractivity contribution in [2.75, 3.05) is 12.8 Å². The zero-order valence-electron chi connectivity index (χ0n) is 5.88. The van der Waals surface area contributed by atoms with E-state index in [9.17, 15) is 4.21 Å². The lowest BCUT2D eigenvalue weighted by Crippen LogP contribution is -2.23. The molecule has 3 nitrogen and oxygen atoms in total. The molecule has 1 atom stereocenters. The second kappa shape index (κ2) is 1.70. The maximum atomic E-state index is 11.0. The van der Waals surface area contributed by atoms with Crippen LogP contribution in [-0.4, -0.2) is 22.6 Å². The first-order valence-corrected chi connectivity index (χ1v) is 4.65. The van der Waals surface area contributed by atoms with Crippen LogP contribution in [0.2, 0.25) is 0 Å². The molecule has 0 amide bonds. The summed E-state index contributed by atoms with van der Waals surface area (Å²) in [5, 5.41) is 0. The fourth-order valence-electron chi connectivity index (χ4n) is 0.744. The van der Waals surface area contributed by atoms with E-state index in [1.165, 1.54) is 6.26 Å². The summed E-state index contributed by atoms with van der Waals surface area (Å²) < 4.78 is 19.9. The topological polar surface area (TPSA) is 38.7 Å². The molecule has 0 aliphatic carbocycles. The van der Waals surface area contributed by atoms with Gasteiger partial charge in [-0.3, -0.25) is 4.18 Å². The van der Waals surface area contributed by atoms with E-state index in [2.05, 4.69) is 4.36 Å². The van der Waals surface area contributed by atoms with E-state index in [0.717, 1.165) is 0 Å². The molecule has 0 saturated heterocycles. The molecule has 1 rings (SSSR count). The number of hydrogen-bond acceptors (Lipinski definition) is 3. The lowest BCUT2D eigenvalue weighted by Gasteiger charge is -2.13. The monoisotopic (exact) mass is 149 g/mol. The van der Waals surface area contributed by atoms with E-state index in [1.54, 1.807) is 0 Å². The molecular formula is C5H11NO2S. The molecule has 54 valence electrons. The van der Waals surface area contributed by atoms with Crippen molar-refractivity contribution in [1.29, 1.82) is 0 Å². The largest absolute Gasteiger partial charge is 0.277 e. The Morgan fingerprint density at radius 3 is 2.33 bits per heavy atom. The molecule has 4 heteroatoms. The Bertz CT molecular complexity index is 225. The van der Waals surface area contributed by atoms with Gasteiger partial charge in [-0.05, 0) is 13.8 Å². The van der Waals surface area contributed by atoms with Gasteiger partial charge in [0.25, 0.3) is 0 Å². The molecule has 9 heavy (non-hydrogen) atoms. The summed E-state index contributed by atoms with van der Waals surface area (Å²) in [6.07, 6.45) is 1.52. The van der Waals surface area contributed by atoms with Crippen LogP contribution in [0.4, 0.5) is 0 Å². The van der Waals surface area contributed by atoms with Crippen molar-refractivity contribution >= 4 is 10.0 Å². The van der Waals surface area contributed by atoms with Gasteiger partial charge in [0.05, 0.1) is 6.54 Å². The van der Waals surface area contributed by atoms with Crippen molar-refractivity contribution < 1.29 is 8.39 Å². The van der Waals surface area contributed by atoms with Gasteiger partial charge in [0.1, 0.15) is 5.60 Å². The van der Waals surface area contributed by atoms with E-state index < -0.39 is 10.0 Å². The van der Waals surface area contributed by atoms with Gasteiger partial charge in [0, 0.05) is 6.26 Å².